The molecule has 0 unspecified atom stereocenters. The van der Waals surface area contributed by atoms with E-state index in [1.165, 1.54) is 58.4 Å². The van der Waals surface area contributed by atoms with Gasteiger partial charge in [-0.1, -0.05) is 6.07 Å². The third-order valence-electron chi connectivity index (χ3n) is 4.88. The van der Waals surface area contributed by atoms with Crippen LogP contribution in [0.15, 0.2) is 58.5 Å². The molecule has 0 radical (unpaired) electrons. The van der Waals surface area contributed by atoms with E-state index in [0.29, 0.717) is 11.0 Å². The number of nitrogens with one attached hydrogen (secondary N) is 1. The Morgan fingerprint density at radius 3 is 2.26 bits per heavy atom. The maximum atomic E-state index is 12.9. The number of nitrogens with zero attached hydrogens (tertiary/aromatic N) is 4. The molecule has 2 heterocycles. The van der Waals surface area contributed by atoms with Crippen molar-refractivity contribution in [1.82, 2.24) is 18.9 Å². The van der Waals surface area contributed by atoms with Crippen LogP contribution < -0.4 is 19.9 Å². The van der Waals surface area contributed by atoms with Gasteiger partial charge in [0.05, 0.1) is 22.9 Å². The van der Waals surface area contributed by atoms with Gasteiger partial charge in [0, 0.05) is 39.5 Å². The van der Waals surface area contributed by atoms with Crippen molar-refractivity contribution < 1.29 is 31.1 Å². The average Bonchev–Trinajstić information content (AvgIpc) is 3.26. The van der Waals surface area contributed by atoms with Gasteiger partial charge < -0.3 is 9.47 Å². The quantitative estimate of drug-likeness (QED) is 0.439. The van der Waals surface area contributed by atoms with Crippen LogP contribution in [-0.4, -0.2) is 33.7 Å². The summed E-state index contributed by atoms with van der Waals surface area (Å²) in [6, 6.07) is 7.56. The summed E-state index contributed by atoms with van der Waals surface area (Å²) in [6.07, 6.45) is -2.46. The standard InChI is InChI=1S/C20H18F3N5O5S/c1-26-11-14(10-24-26)34(30,31)25-15-8-16-17(28(3)19(29)27(16)2)9-18(15)32-12-5-4-6-13(7-12)33-20(21,22)23/h4-11,25H,1-3H3. The molecule has 2 aromatic heterocycles. The fourth-order valence-corrected chi connectivity index (χ4v) is 4.34. The van der Waals surface area contributed by atoms with Crippen molar-refractivity contribution in [3.8, 4) is 17.2 Å². The number of hydrogen-bond donors (Lipinski definition) is 1. The number of halogens is 3. The van der Waals surface area contributed by atoms with Crippen LogP contribution >= 0.6 is 0 Å². The Morgan fingerprint density at radius 2 is 1.65 bits per heavy atom. The molecule has 0 saturated carbocycles. The SMILES string of the molecule is Cn1cc(S(=O)(=O)Nc2cc3c(cc2Oc2cccc(OC(F)(F)F)c2)n(C)c(=O)n3C)cn1. The zero-order chi connectivity index (χ0) is 24.8. The fourth-order valence-electron chi connectivity index (χ4n) is 3.29. The molecule has 2 aromatic carbocycles. The van der Waals surface area contributed by atoms with Crippen LogP contribution in [0.25, 0.3) is 11.0 Å². The van der Waals surface area contributed by atoms with E-state index in [1.54, 1.807) is 7.05 Å². The highest BCUT2D eigenvalue weighted by molar-refractivity contribution is 7.92. The van der Waals surface area contributed by atoms with Crippen molar-refractivity contribution in [1.29, 1.82) is 0 Å². The number of imidazole rings is 1. The van der Waals surface area contributed by atoms with E-state index in [4.69, 9.17) is 4.74 Å². The molecule has 0 fully saturated rings. The molecule has 0 aliphatic carbocycles. The molecule has 0 aliphatic heterocycles. The topological polar surface area (TPSA) is 109 Å². The lowest BCUT2D eigenvalue weighted by molar-refractivity contribution is -0.274. The molecular formula is C20H18F3N5O5S. The summed E-state index contributed by atoms with van der Waals surface area (Å²) in [5.74, 6) is -0.620. The zero-order valence-corrected chi connectivity index (χ0v) is 18.8. The monoisotopic (exact) mass is 497 g/mol. The van der Waals surface area contributed by atoms with Crippen molar-refractivity contribution in [2.24, 2.45) is 21.1 Å². The Kier molecular flexibility index (Phi) is 5.55. The smallest absolute Gasteiger partial charge is 0.455 e. The van der Waals surface area contributed by atoms with Crippen LogP contribution in [0.1, 0.15) is 0 Å². The normalized spacial score (nSPS) is 12.2. The predicted molar refractivity (Wildman–Crippen MR) is 115 cm³/mol. The number of hydrogen-bond acceptors (Lipinski definition) is 6. The molecule has 1 N–H and O–H groups in total. The van der Waals surface area contributed by atoms with Crippen molar-refractivity contribution in [2.75, 3.05) is 4.72 Å². The number of sulfonamides is 1. The van der Waals surface area contributed by atoms with E-state index < -0.39 is 22.1 Å². The number of alkyl halides is 3. The average molecular weight is 497 g/mol. The molecule has 4 aromatic rings. The minimum absolute atomic E-state index is 0.0419. The van der Waals surface area contributed by atoms with Gasteiger partial charge in [-0.05, 0) is 18.2 Å². The minimum Gasteiger partial charge on any atom is -0.455 e. The highest BCUT2D eigenvalue weighted by Crippen LogP contribution is 2.36. The number of aromatic nitrogens is 4. The number of aryl methyl sites for hydroxylation is 3. The van der Waals surface area contributed by atoms with E-state index >= 15 is 0 Å². The van der Waals surface area contributed by atoms with Gasteiger partial charge in [-0.25, -0.2) is 13.2 Å². The van der Waals surface area contributed by atoms with Gasteiger partial charge in [0.2, 0.25) is 0 Å². The highest BCUT2D eigenvalue weighted by Gasteiger charge is 2.31. The first-order chi connectivity index (χ1) is 15.8. The number of rotatable bonds is 6. The number of ether oxygens (including phenoxy) is 2. The second-order valence-corrected chi connectivity index (χ2v) is 9.00. The van der Waals surface area contributed by atoms with Crippen molar-refractivity contribution in [3.63, 3.8) is 0 Å². The van der Waals surface area contributed by atoms with Gasteiger partial charge in [-0.3, -0.25) is 18.5 Å². The third kappa shape index (κ3) is 4.57. The van der Waals surface area contributed by atoms with Gasteiger partial charge >= 0.3 is 12.1 Å². The van der Waals surface area contributed by atoms with Crippen LogP contribution in [0, 0.1) is 0 Å². The van der Waals surface area contributed by atoms with Gasteiger partial charge in [0.1, 0.15) is 16.4 Å². The molecule has 10 nitrogen and oxygen atoms in total. The molecule has 0 saturated heterocycles. The molecule has 14 heteroatoms. The maximum Gasteiger partial charge on any atom is 0.573 e. The lowest BCUT2D eigenvalue weighted by Crippen LogP contribution is -2.19. The van der Waals surface area contributed by atoms with Crippen molar-refractivity contribution in [3.05, 3.63) is 59.3 Å². The Hall–Kier alpha value is -3.94. The Labute approximate surface area is 190 Å². The van der Waals surface area contributed by atoms with Crippen LogP contribution in [0.3, 0.4) is 0 Å². The molecule has 0 atom stereocenters. The van der Waals surface area contributed by atoms with E-state index in [2.05, 4.69) is 14.6 Å². The van der Waals surface area contributed by atoms with E-state index in [9.17, 15) is 26.4 Å². The Bertz CT molecular complexity index is 1550. The van der Waals surface area contributed by atoms with Crippen LogP contribution in [0.2, 0.25) is 0 Å². The molecule has 0 aliphatic rings. The molecular weight excluding hydrogens is 479 g/mol. The van der Waals surface area contributed by atoms with Gasteiger partial charge in [-0.15, -0.1) is 13.2 Å². The van der Waals surface area contributed by atoms with E-state index in [1.807, 2.05) is 0 Å². The first-order valence-electron chi connectivity index (χ1n) is 9.59. The number of fused-ring (bicyclic) bond motifs is 1. The largest absolute Gasteiger partial charge is 0.573 e. The Morgan fingerprint density at radius 1 is 1.00 bits per heavy atom. The highest BCUT2D eigenvalue weighted by atomic mass is 32.2. The third-order valence-corrected chi connectivity index (χ3v) is 6.20. The number of anilines is 1. The summed E-state index contributed by atoms with van der Waals surface area (Å²) in [5, 5.41) is 3.84. The summed E-state index contributed by atoms with van der Waals surface area (Å²) in [6.45, 7) is 0. The summed E-state index contributed by atoms with van der Waals surface area (Å²) >= 11 is 0. The van der Waals surface area contributed by atoms with Crippen molar-refractivity contribution in [2.45, 2.75) is 11.3 Å². The van der Waals surface area contributed by atoms with Crippen LogP contribution in [0.4, 0.5) is 18.9 Å². The summed E-state index contributed by atoms with van der Waals surface area (Å²) in [4.78, 5) is 12.2. The maximum absolute atomic E-state index is 12.9. The molecule has 34 heavy (non-hydrogen) atoms. The van der Waals surface area contributed by atoms with Crippen LogP contribution in [0.5, 0.6) is 17.2 Å². The van der Waals surface area contributed by atoms with E-state index in [0.717, 1.165) is 18.3 Å². The first-order valence-corrected chi connectivity index (χ1v) is 11.1. The molecule has 0 spiro atoms. The summed E-state index contributed by atoms with van der Waals surface area (Å²) in [7, 11) is 0.482. The second kappa shape index (κ2) is 8.13. The summed E-state index contributed by atoms with van der Waals surface area (Å²) in [5.41, 5.74) is 0.404. The van der Waals surface area contributed by atoms with Gasteiger partial charge in [-0.2, -0.15) is 5.10 Å². The minimum atomic E-state index is -4.90. The summed E-state index contributed by atoms with van der Waals surface area (Å²) < 4.78 is 79.5. The number of benzene rings is 2. The second-order valence-electron chi connectivity index (χ2n) is 7.32. The van der Waals surface area contributed by atoms with Crippen LogP contribution in [-0.2, 0) is 31.2 Å². The van der Waals surface area contributed by atoms with Gasteiger partial charge in [0.25, 0.3) is 10.0 Å². The van der Waals surface area contributed by atoms with Crippen molar-refractivity contribution >= 4 is 26.7 Å². The zero-order valence-electron chi connectivity index (χ0n) is 18.0. The fraction of sp³-hybridized carbons (Fsp3) is 0.200. The van der Waals surface area contributed by atoms with Gasteiger partial charge in [0.15, 0.2) is 5.75 Å². The lowest BCUT2D eigenvalue weighted by Gasteiger charge is -2.15. The first kappa shape index (κ1) is 23.2. The van der Waals surface area contributed by atoms with E-state index in [-0.39, 0.29) is 27.8 Å². The Balaban J connectivity index is 1.81. The predicted octanol–water partition coefficient (Wildman–Crippen LogP) is 3.10. The molecule has 4 rings (SSSR count). The lowest BCUT2D eigenvalue weighted by atomic mass is 10.2. The molecule has 0 bridgehead atoms. The molecule has 180 valence electrons. The molecule has 0 amide bonds.